The Hall–Kier alpha value is -2.38. The van der Waals surface area contributed by atoms with E-state index in [0.29, 0.717) is 18.0 Å². The molecule has 3 rings (SSSR count). The standard InChI is InChI=1S/C23H36N6O/c1-17(2)29(18(3)4)11-10-24-22-16-19(5)25-23(27-22)26-20-6-8-21(9-7-20)28-12-14-30-15-13-28/h6-9,16-18H,10-15H2,1-5H3,(H2,24,25,26,27). The van der Waals surface area contributed by atoms with Gasteiger partial charge in [-0.3, -0.25) is 4.90 Å². The number of anilines is 4. The Morgan fingerprint density at radius 1 is 1.03 bits per heavy atom. The van der Waals surface area contributed by atoms with Gasteiger partial charge in [0.15, 0.2) is 0 Å². The van der Waals surface area contributed by atoms with Crippen molar-refractivity contribution in [2.45, 2.75) is 46.7 Å². The van der Waals surface area contributed by atoms with Gasteiger partial charge >= 0.3 is 0 Å². The molecule has 0 unspecified atom stereocenters. The third kappa shape index (κ3) is 6.31. The van der Waals surface area contributed by atoms with E-state index in [1.54, 1.807) is 0 Å². The molecule has 0 aliphatic carbocycles. The molecule has 0 bridgehead atoms. The lowest BCUT2D eigenvalue weighted by atomic mass is 10.2. The van der Waals surface area contributed by atoms with Crippen LogP contribution in [0.15, 0.2) is 30.3 Å². The quantitative estimate of drug-likeness (QED) is 0.648. The average Bonchev–Trinajstić information content (AvgIpc) is 2.71. The van der Waals surface area contributed by atoms with Crippen LogP contribution in [0.3, 0.4) is 0 Å². The van der Waals surface area contributed by atoms with E-state index < -0.39 is 0 Å². The van der Waals surface area contributed by atoms with Gasteiger partial charge in [-0.15, -0.1) is 0 Å². The van der Waals surface area contributed by atoms with Gasteiger partial charge in [0.2, 0.25) is 5.95 Å². The number of rotatable bonds is 9. The Bertz CT molecular complexity index is 779. The fourth-order valence-electron chi connectivity index (χ4n) is 3.85. The van der Waals surface area contributed by atoms with Gasteiger partial charge in [-0.2, -0.15) is 4.98 Å². The third-order valence-corrected chi connectivity index (χ3v) is 5.36. The molecule has 0 atom stereocenters. The minimum absolute atomic E-state index is 0.525. The number of hydrogen-bond acceptors (Lipinski definition) is 7. The maximum Gasteiger partial charge on any atom is 0.229 e. The molecule has 1 saturated heterocycles. The molecule has 2 aromatic rings. The molecule has 0 spiro atoms. The van der Waals surface area contributed by atoms with E-state index in [1.807, 2.05) is 13.0 Å². The second kappa shape index (κ2) is 10.6. The first-order valence-electron chi connectivity index (χ1n) is 11.0. The van der Waals surface area contributed by atoms with Crippen molar-refractivity contribution in [2.75, 3.05) is 54.9 Å². The first-order chi connectivity index (χ1) is 14.4. The molecule has 1 aromatic carbocycles. The molecule has 0 radical (unpaired) electrons. The van der Waals surface area contributed by atoms with E-state index in [9.17, 15) is 0 Å². The number of benzene rings is 1. The molecular formula is C23H36N6O. The van der Waals surface area contributed by atoms with E-state index in [4.69, 9.17) is 4.74 Å². The molecular weight excluding hydrogens is 376 g/mol. The summed E-state index contributed by atoms with van der Waals surface area (Å²) >= 11 is 0. The first kappa shape index (κ1) is 22.3. The Morgan fingerprint density at radius 2 is 1.70 bits per heavy atom. The highest BCUT2D eigenvalue weighted by Crippen LogP contribution is 2.21. The summed E-state index contributed by atoms with van der Waals surface area (Å²) in [4.78, 5) is 14.0. The Kier molecular flexibility index (Phi) is 7.87. The van der Waals surface area contributed by atoms with E-state index in [-0.39, 0.29) is 0 Å². The fourth-order valence-corrected chi connectivity index (χ4v) is 3.85. The average molecular weight is 413 g/mol. The topological polar surface area (TPSA) is 65.5 Å². The fraction of sp³-hybridized carbons (Fsp3) is 0.565. The molecule has 0 amide bonds. The van der Waals surface area contributed by atoms with Crippen LogP contribution >= 0.6 is 0 Å². The van der Waals surface area contributed by atoms with Crippen LogP contribution in [-0.2, 0) is 4.74 Å². The molecule has 1 fully saturated rings. The van der Waals surface area contributed by atoms with E-state index in [1.165, 1.54) is 5.69 Å². The van der Waals surface area contributed by atoms with Crippen molar-refractivity contribution in [1.29, 1.82) is 0 Å². The van der Waals surface area contributed by atoms with Crippen LogP contribution in [0.2, 0.25) is 0 Å². The summed E-state index contributed by atoms with van der Waals surface area (Å²) in [5, 5.41) is 6.79. The van der Waals surface area contributed by atoms with E-state index in [2.05, 4.69) is 82.4 Å². The van der Waals surface area contributed by atoms with Crippen LogP contribution in [0.5, 0.6) is 0 Å². The smallest absolute Gasteiger partial charge is 0.229 e. The third-order valence-electron chi connectivity index (χ3n) is 5.36. The van der Waals surface area contributed by atoms with Gasteiger partial charge in [0.1, 0.15) is 5.82 Å². The predicted molar refractivity (Wildman–Crippen MR) is 125 cm³/mol. The number of nitrogens with one attached hydrogen (secondary N) is 2. The summed E-state index contributed by atoms with van der Waals surface area (Å²) in [6.07, 6.45) is 0. The first-order valence-corrected chi connectivity index (χ1v) is 11.0. The lowest BCUT2D eigenvalue weighted by Gasteiger charge is -2.30. The van der Waals surface area contributed by atoms with Crippen molar-refractivity contribution >= 4 is 23.1 Å². The van der Waals surface area contributed by atoms with Crippen molar-refractivity contribution in [3.63, 3.8) is 0 Å². The lowest BCUT2D eigenvalue weighted by Crippen LogP contribution is -2.40. The normalized spacial score (nSPS) is 14.6. The summed E-state index contributed by atoms with van der Waals surface area (Å²) in [5.74, 6) is 1.46. The van der Waals surface area contributed by atoms with Crippen molar-refractivity contribution in [1.82, 2.24) is 14.9 Å². The molecule has 164 valence electrons. The van der Waals surface area contributed by atoms with Gasteiger partial charge in [-0.1, -0.05) is 0 Å². The molecule has 7 nitrogen and oxygen atoms in total. The summed E-state index contributed by atoms with van der Waals surface area (Å²) in [5.41, 5.74) is 3.13. The number of nitrogens with zero attached hydrogens (tertiary/aromatic N) is 4. The molecule has 30 heavy (non-hydrogen) atoms. The van der Waals surface area contributed by atoms with Gasteiger partial charge in [0.25, 0.3) is 0 Å². The molecule has 7 heteroatoms. The second-order valence-electron chi connectivity index (χ2n) is 8.34. The molecule has 2 N–H and O–H groups in total. The van der Waals surface area contributed by atoms with Gasteiger partial charge in [0.05, 0.1) is 13.2 Å². The molecule has 2 heterocycles. The number of hydrogen-bond donors (Lipinski definition) is 2. The lowest BCUT2D eigenvalue weighted by molar-refractivity contribution is 0.122. The zero-order valence-corrected chi connectivity index (χ0v) is 19.0. The van der Waals surface area contributed by atoms with Gasteiger partial charge in [-0.25, -0.2) is 4.98 Å². The summed E-state index contributed by atoms with van der Waals surface area (Å²) < 4.78 is 5.43. The minimum atomic E-state index is 0.525. The largest absolute Gasteiger partial charge is 0.378 e. The van der Waals surface area contributed by atoms with Crippen molar-refractivity contribution < 1.29 is 4.74 Å². The zero-order chi connectivity index (χ0) is 21.5. The monoisotopic (exact) mass is 412 g/mol. The SMILES string of the molecule is Cc1cc(NCCN(C(C)C)C(C)C)nc(Nc2ccc(N3CCOCC3)cc2)n1. The molecule has 0 saturated carbocycles. The summed E-state index contributed by atoms with van der Waals surface area (Å²) in [6, 6.07) is 11.5. The van der Waals surface area contributed by atoms with Crippen LogP contribution in [0.1, 0.15) is 33.4 Å². The number of aryl methyl sites for hydroxylation is 1. The number of morpholine rings is 1. The predicted octanol–water partition coefficient (Wildman–Crippen LogP) is 3.90. The van der Waals surface area contributed by atoms with Crippen LogP contribution in [0.25, 0.3) is 0 Å². The Balaban J connectivity index is 1.59. The number of aromatic nitrogens is 2. The van der Waals surface area contributed by atoms with Crippen LogP contribution in [0, 0.1) is 6.92 Å². The van der Waals surface area contributed by atoms with Gasteiger partial charge in [-0.05, 0) is 58.9 Å². The second-order valence-corrected chi connectivity index (χ2v) is 8.34. The Morgan fingerprint density at radius 3 is 2.33 bits per heavy atom. The van der Waals surface area contributed by atoms with Crippen LogP contribution in [0.4, 0.5) is 23.1 Å². The van der Waals surface area contributed by atoms with E-state index in [0.717, 1.165) is 56.6 Å². The zero-order valence-electron chi connectivity index (χ0n) is 19.0. The summed E-state index contributed by atoms with van der Waals surface area (Å²) in [6.45, 7) is 16.2. The van der Waals surface area contributed by atoms with Crippen LogP contribution in [-0.4, -0.2) is 66.3 Å². The maximum absolute atomic E-state index is 5.43. The number of ether oxygens (including phenoxy) is 1. The summed E-state index contributed by atoms with van der Waals surface area (Å²) in [7, 11) is 0. The van der Waals surface area contributed by atoms with Gasteiger partial charge < -0.3 is 20.3 Å². The highest BCUT2D eigenvalue weighted by molar-refractivity contribution is 5.60. The van der Waals surface area contributed by atoms with Crippen molar-refractivity contribution in [3.05, 3.63) is 36.0 Å². The van der Waals surface area contributed by atoms with Crippen molar-refractivity contribution in [3.8, 4) is 0 Å². The minimum Gasteiger partial charge on any atom is -0.378 e. The highest BCUT2D eigenvalue weighted by Gasteiger charge is 2.13. The maximum atomic E-state index is 5.43. The Labute approximate surface area is 180 Å². The highest BCUT2D eigenvalue weighted by atomic mass is 16.5. The van der Waals surface area contributed by atoms with Gasteiger partial charge in [0, 0.05) is 61.4 Å². The van der Waals surface area contributed by atoms with E-state index >= 15 is 0 Å². The molecule has 1 aliphatic rings. The molecule has 1 aliphatic heterocycles. The van der Waals surface area contributed by atoms with Crippen molar-refractivity contribution in [2.24, 2.45) is 0 Å². The molecule has 1 aromatic heterocycles. The van der Waals surface area contributed by atoms with Crippen LogP contribution < -0.4 is 15.5 Å².